The number of ether oxygens (including phenoxy) is 3. The van der Waals surface area contributed by atoms with Crippen LogP contribution in [-0.4, -0.2) is 51.8 Å². The normalized spacial score (nSPS) is 11.5. The summed E-state index contributed by atoms with van der Waals surface area (Å²) in [6, 6.07) is -0.738. The van der Waals surface area contributed by atoms with Gasteiger partial charge in [0.15, 0.2) is 0 Å². The molecular weight excluding hydrogens is 230 g/mol. The van der Waals surface area contributed by atoms with Gasteiger partial charge in [-0.3, -0.25) is 19.7 Å². The highest BCUT2D eigenvalue weighted by Gasteiger charge is 2.21. The van der Waals surface area contributed by atoms with Crippen LogP contribution in [0.2, 0.25) is 0 Å². The van der Waals surface area contributed by atoms with Crippen molar-refractivity contribution in [2.75, 3.05) is 27.9 Å². The third-order valence-electron chi connectivity index (χ3n) is 2.07. The number of methoxy groups -OCH3 is 3. The molecule has 0 rings (SSSR count). The lowest BCUT2D eigenvalue weighted by molar-refractivity contribution is -0.145. The zero-order valence-corrected chi connectivity index (χ0v) is 10.1. The summed E-state index contributed by atoms with van der Waals surface area (Å²) in [7, 11) is 3.73. The van der Waals surface area contributed by atoms with E-state index in [4.69, 9.17) is 0 Å². The molecule has 0 aliphatic rings. The largest absolute Gasteiger partial charge is 0.469 e. The van der Waals surface area contributed by atoms with E-state index in [-0.39, 0.29) is 19.4 Å². The Kier molecular flexibility index (Phi) is 7.70. The summed E-state index contributed by atoms with van der Waals surface area (Å²) in [5, 5.41) is 2.64. The molecule has 0 aromatic rings. The molecule has 0 aromatic heterocycles. The van der Waals surface area contributed by atoms with Crippen LogP contribution in [-0.2, 0) is 28.6 Å². The first-order chi connectivity index (χ1) is 8.04. The van der Waals surface area contributed by atoms with E-state index >= 15 is 0 Å². The Labute approximate surface area is 99.4 Å². The Morgan fingerprint density at radius 1 is 1.00 bits per heavy atom. The van der Waals surface area contributed by atoms with Gasteiger partial charge in [-0.15, -0.1) is 0 Å². The fourth-order valence-electron chi connectivity index (χ4n) is 1.09. The first-order valence-corrected chi connectivity index (χ1v) is 5.00. The number of hydrogen-bond donors (Lipinski definition) is 1. The Bertz CT molecular complexity index is 258. The van der Waals surface area contributed by atoms with Gasteiger partial charge in [0.1, 0.15) is 6.04 Å². The van der Waals surface area contributed by atoms with Crippen LogP contribution in [0.5, 0.6) is 0 Å². The van der Waals surface area contributed by atoms with Crippen molar-refractivity contribution < 1.29 is 28.6 Å². The second-order valence-corrected chi connectivity index (χ2v) is 3.15. The van der Waals surface area contributed by atoms with Gasteiger partial charge in [-0.05, 0) is 6.42 Å². The average Bonchev–Trinajstić information content (AvgIpc) is 2.36. The topological polar surface area (TPSA) is 90.9 Å². The van der Waals surface area contributed by atoms with Crippen LogP contribution < -0.4 is 5.32 Å². The molecule has 1 unspecified atom stereocenters. The van der Waals surface area contributed by atoms with E-state index in [0.717, 1.165) is 0 Å². The molecule has 0 aliphatic heterocycles. The smallest absolute Gasteiger partial charge is 0.322 e. The van der Waals surface area contributed by atoms with Crippen molar-refractivity contribution in [1.82, 2.24) is 5.32 Å². The number of carbonyl (C=O) groups is 3. The van der Waals surface area contributed by atoms with E-state index in [0.29, 0.717) is 0 Å². The molecule has 7 heteroatoms. The van der Waals surface area contributed by atoms with Crippen LogP contribution in [0.25, 0.3) is 0 Å². The third-order valence-corrected chi connectivity index (χ3v) is 2.07. The summed E-state index contributed by atoms with van der Waals surface area (Å²) in [6.07, 6.45) is 0.251. The van der Waals surface area contributed by atoms with Gasteiger partial charge in [0.05, 0.1) is 27.9 Å². The van der Waals surface area contributed by atoms with Crippen LogP contribution in [0.1, 0.15) is 12.8 Å². The number of esters is 3. The SMILES string of the molecule is COC(=O)CCC(NCC(=O)OC)C(=O)OC. The lowest BCUT2D eigenvalue weighted by atomic mass is 10.1. The minimum absolute atomic E-state index is 0.0600. The highest BCUT2D eigenvalue weighted by Crippen LogP contribution is 2.01. The van der Waals surface area contributed by atoms with Crippen molar-refractivity contribution in [3.8, 4) is 0 Å². The van der Waals surface area contributed by atoms with Gasteiger partial charge in [-0.25, -0.2) is 0 Å². The molecule has 0 bridgehead atoms. The lowest BCUT2D eigenvalue weighted by Crippen LogP contribution is -2.41. The lowest BCUT2D eigenvalue weighted by Gasteiger charge is -2.14. The molecule has 0 saturated heterocycles. The molecule has 0 saturated carbocycles. The fourth-order valence-corrected chi connectivity index (χ4v) is 1.09. The molecule has 0 amide bonds. The second kappa shape index (κ2) is 8.51. The first kappa shape index (κ1) is 15.4. The van der Waals surface area contributed by atoms with Crippen LogP contribution >= 0.6 is 0 Å². The molecule has 0 radical (unpaired) electrons. The molecule has 17 heavy (non-hydrogen) atoms. The zero-order chi connectivity index (χ0) is 13.3. The predicted molar refractivity (Wildman–Crippen MR) is 57.1 cm³/mol. The van der Waals surface area contributed by atoms with Crippen molar-refractivity contribution in [3.63, 3.8) is 0 Å². The maximum atomic E-state index is 11.3. The van der Waals surface area contributed by atoms with Gasteiger partial charge in [0, 0.05) is 6.42 Å². The molecular formula is C10H17NO6. The summed E-state index contributed by atoms with van der Waals surface area (Å²) in [4.78, 5) is 33.1. The maximum Gasteiger partial charge on any atom is 0.322 e. The number of carbonyl (C=O) groups excluding carboxylic acids is 3. The number of hydrogen-bond acceptors (Lipinski definition) is 7. The van der Waals surface area contributed by atoms with Gasteiger partial charge in [-0.2, -0.15) is 0 Å². The third kappa shape index (κ3) is 6.52. The molecule has 1 N–H and O–H groups in total. The van der Waals surface area contributed by atoms with E-state index < -0.39 is 23.9 Å². The second-order valence-electron chi connectivity index (χ2n) is 3.15. The minimum Gasteiger partial charge on any atom is -0.469 e. The van der Waals surface area contributed by atoms with E-state index in [1.54, 1.807) is 0 Å². The van der Waals surface area contributed by atoms with Crippen molar-refractivity contribution in [1.29, 1.82) is 0 Å². The Morgan fingerprint density at radius 3 is 2.06 bits per heavy atom. The molecule has 7 nitrogen and oxygen atoms in total. The molecule has 0 aromatic carbocycles. The predicted octanol–water partition coefficient (Wildman–Crippen LogP) is -0.756. The average molecular weight is 247 g/mol. The Hall–Kier alpha value is -1.63. The van der Waals surface area contributed by atoms with E-state index in [9.17, 15) is 14.4 Å². The highest BCUT2D eigenvalue weighted by atomic mass is 16.5. The zero-order valence-electron chi connectivity index (χ0n) is 10.1. The quantitative estimate of drug-likeness (QED) is 0.467. The van der Waals surface area contributed by atoms with Gasteiger partial charge >= 0.3 is 17.9 Å². The summed E-state index contributed by atoms with van der Waals surface area (Å²) in [6.45, 7) is -0.128. The fraction of sp³-hybridized carbons (Fsp3) is 0.700. The Morgan fingerprint density at radius 2 is 1.59 bits per heavy atom. The molecule has 0 heterocycles. The van der Waals surface area contributed by atoms with Crippen molar-refractivity contribution in [3.05, 3.63) is 0 Å². The van der Waals surface area contributed by atoms with E-state index in [2.05, 4.69) is 19.5 Å². The van der Waals surface area contributed by atoms with Gasteiger partial charge in [0.2, 0.25) is 0 Å². The molecule has 1 atom stereocenters. The van der Waals surface area contributed by atoms with Crippen molar-refractivity contribution >= 4 is 17.9 Å². The van der Waals surface area contributed by atoms with Crippen LogP contribution in [0.4, 0.5) is 0 Å². The molecule has 0 fully saturated rings. The Balaban J connectivity index is 4.19. The van der Waals surface area contributed by atoms with Gasteiger partial charge < -0.3 is 14.2 Å². The molecule has 0 spiro atoms. The first-order valence-electron chi connectivity index (χ1n) is 5.00. The van der Waals surface area contributed by atoms with Gasteiger partial charge in [0.25, 0.3) is 0 Å². The van der Waals surface area contributed by atoms with Crippen LogP contribution in [0.3, 0.4) is 0 Å². The van der Waals surface area contributed by atoms with Gasteiger partial charge in [-0.1, -0.05) is 0 Å². The number of nitrogens with one attached hydrogen (secondary N) is 1. The molecule has 0 aliphatic carbocycles. The summed E-state index contributed by atoms with van der Waals surface area (Å²) in [5.74, 6) is -1.48. The minimum atomic E-state index is -0.738. The van der Waals surface area contributed by atoms with Crippen molar-refractivity contribution in [2.45, 2.75) is 18.9 Å². The molecule has 98 valence electrons. The van der Waals surface area contributed by atoms with Crippen molar-refractivity contribution in [2.24, 2.45) is 0 Å². The van der Waals surface area contributed by atoms with E-state index in [1.165, 1.54) is 21.3 Å². The highest BCUT2D eigenvalue weighted by molar-refractivity contribution is 5.78. The van der Waals surface area contributed by atoms with Crippen LogP contribution in [0.15, 0.2) is 0 Å². The summed E-state index contributed by atoms with van der Waals surface area (Å²) in [5.41, 5.74) is 0. The summed E-state index contributed by atoms with van der Waals surface area (Å²) >= 11 is 0. The number of rotatable bonds is 7. The standard InChI is InChI=1S/C10H17NO6/c1-15-8(12)5-4-7(10(14)17-3)11-6-9(13)16-2/h7,11H,4-6H2,1-3H3. The monoisotopic (exact) mass is 247 g/mol. The maximum absolute atomic E-state index is 11.3. The van der Waals surface area contributed by atoms with Crippen LogP contribution in [0, 0.1) is 0 Å². The van der Waals surface area contributed by atoms with E-state index in [1.807, 2.05) is 0 Å². The summed E-state index contributed by atoms with van der Waals surface area (Å²) < 4.78 is 13.4.